The molecule has 0 aromatic heterocycles. The van der Waals surface area contributed by atoms with E-state index in [1.54, 1.807) is 12.1 Å². The second kappa shape index (κ2) is 9.72. The molecule has 6 heteroatoms. The molecule has 4 nitrogen and oxygen atoms in total. The van der Waals surface area contributed by atoms with Gasteiger partial charge in [0.05, 0.1) is 5.75 Å². The molecule has 1 amide bonds. The minimum absolute atomic E-state index is 0.160. The topological polar surface area (TPSA) is 55.4 Å². The van der Waals surface area contributed by atoms with Crippen molar-refractivity contribution in [2.45, 2.75) is 11.3 Å². The molecule has 24 heavy (non-hydrogen) atoms. The number of amides is 1. The van der Waals surface area contributed by atoms with E-state index in [-0.39, 0.29) is 24.1 Å². The molecular formula is C18H18FNO3S. The Bertz CT molecular complexity index is 662. The monoisotopic (exact) mass is 347 g/mol. The third-order valence-corrected chi connectivity index (χ3v) is 4.10. The molecule has 0 aliphatic rings. The van der Waals surface area contributed by atoms with Crippen LogP contribution in [0.3, 0.4) is 0 Å². The normalized spacial score (nSPS) is 10.2. The van der Waals surface area contributed by atoms with Crippen molar-refractivity contribution in [2.24, 2.45) is 0 Å². The van der Waals surface area contributed by atoms with Crippen molar-refractivity contribution in [3.05, 3.63) is 66.0 Å². The van der Waals surface area contributed by atoms with Crippen LogP contribution < -0.4 is 5.32 Å². The van der Waals surface area contributed by atoms with Crippen LogP contribution in [-0.4, -0.2) is 30.8 Å². The maximum atomic E-state index is 12.8. The molecule has 0 unspecified atom stereocenters. The summed E-state index contributed by atoms with van der Waals surface area (Å²) in [5.41, 5.74) is 0.924. The van der Waals surface area contributed by atoms with Gasteiger partial charge in [-0.1, -0.05) is 30.3 Å². The first-order chi connectivity index (χ1) is 11.6. The summed E-state index contributed by atoms with van der Waals surface area (Å²) in [7, 11) is 0. The zero-order valence-electron chi connectivity index (χ0n) is 13.0. The van der Waals surface area contributed by atoms with Gasteiger partial charge in [-0.25, -0.2) is 4.39 Å². The molecule has 126 valence electrons. The number of thioether (sulfide) groups is 1. The van der Waals surface area contributed by atoms with Crippen LogP contribution in [-0.2, 0) is 20.7 Å². The molecule has 0 spiro atoms. The molecule has 0 fully saturated rings. The third kappa shape index (κ3) is 6.83. The van der Waals surface area contributed by atoms with Crippen molar-refractivity contribution < 1.29 is 18.7 Å². The Kier molecular flexibility index (Phi) is 7.29. The lowest BCUT2D eigenvalue weighted by molar-refractivity contribution is -0.145. The summed E-state index contributed by atoms with van der Waals surface area (Å²) in [5, 5.41) is 2.66. The average molecular weight is 347 g/mol. The van der Waals surface area contributed by atoms with E-state index in [1.165, 1.54) is 23.9 Å². The van der Waals surface area contributed by atoms with Gasteiger partial charge in [0.1, 0.15) is 5.82 Å². The van der Waals surface area contributed by atoms with Crippen molar-refractivity contribution >= 4 is 23.6 Å². The first-order valence-corrected chi connectivity index (χ1v) is 8.46. The predicted molar refractivity (Wildman–Crippen MR) is 91.2 cm³/mol. The van der Waals surface area contributed by atoms with Gasteiger partial charge in [-0.2, -0.15) is 0 Å². The number of carbonyl (C=O) groups is 2. The molecule has 2 aromatic rings. The molecule has 0 aliphatic carbocycles. The number of carbonyl (C=O) groups excluding carboxylic acids is 2. The van der Waals surface area contributed by atoms with E-state index < -0.39 is 5.97 Å². The third-order valence-electron chi connectivity index (χ3n) is 3.11. The Hall–Kier alpha value is -2.34. The van der Waals surface area contributed by atoms with Crippen molar-refractivity contribution in [3.8, 4) is 0 Å². The number of esters is 1. The molecule has 0 saturated carbocycles. The summed E-state index contributed by atoms with van der Waals surface area (Å²) in [4.78, 5) is 24.2. The Morgan fingerprint density at radius 3 is 2.46 bits per heavy atom. The lowest BCUT2D eigenvalue weighted by Crippen LogP contribution is -2.30. The second-order valence-electron chi connectivity index (χ2n) is 4.99. The number of nitrogens with one attached hydrogen (secondary N) is 1. The molecule has 0 radical (unpaired) electrons. The number of hydrogen-bond acceptors (Lipinski definition) is 4. The quantitative estimate of drug-likeness (QED) is 0.589. The van der Waals surface area contributed by atoms with E-state index in [1.807, 2.05) is 30.3 Å². The summed E-state index contributed by atoms with van der Waals surface area (Å²) in [6.45, 7) is 0.110. The smallest absolute Gasteiger partial charge is 0.316 e. The summed E-state index contributed by atoms with van der Waals surface area (Å²) < 4.78 is 17.7. The lowest BCUT2D eigenvalue weighted by Gasteiger charge is -2.07. The Balaban J connectivity index is 1.58. The number of halogens is 1. The highest BCUT2D eigenvalue weighted by Crippen LogP contribution is 2.16. The van der Waals surface area contributed by atoms with Gasteiger partial charge in [0.25, 0.3) is 5.91 Å². The van der Waals surface area contributed by atoms with Crippen LogP contribution in [0.5, 0.6) is 0 Å². The van der Waals surface area contributed by atoms with Gasteiger partial charge >= 0.3 is 5.97 Å². The van der Waals surface area contributed by atoms with Crippen LogP contribution in [0.15, 0.2) is 59.5 Å². The first-order valence-electron chi connectivity index (χ1n) is 7.48. The van der Waals surface area contributed by atoms with Crippen LogP contribution >= 0.6 is 11.8 Å². The molecule has 2 rings (SSSR count). The molecule has 2 aromatic carbocycles. The summed E-state index contributed by atoms with van der Waals surface area (Å²) >= 11 is 1.36. The van der Waals surface area contributed by atoms with E-state index in [0.717, 1.165) is 10.5 Å². The second-order valence-corrected chi connectivity index (χ2v) is 6.04. The molecule has 0 saturated heterocycles. The van der Waals surface area contributed by atoms with Gasteiger partial charge in [0.2, 0.25) is 0 Å². The molecular weight excluding hydrogens is 329 g/mol. The predicted octanol–water partition coefficient (Wildman–Crippen LogP) is 2.82. The Morgan fingerprint density at radius 1 is 1.04 bits per heavy atom. The molecule has 0 bridgehead atoms. The Labute approximate surface area is 144 Å². The van der Waals surface area contributed by atoms with Crippen LogP contribution in [0, 0.1) is 5.82 Å². The van der Waals surface area contributed by atoms with Crippen molar-refractivity contribution in [3.63, 3.8) is 0 Å². The minimum atomic E-state index is -0.433. The lowest BCUT2D eigenvalue weighted by atomic mass is 10.1. The van der Waals surface area contributed by atoms with Crippen LogP contribution in [0.1, 0.15) is 5.56 Å². The fourth-order valence-electron chi connectivity index (χ4n) is 1.90. The summed E-state index contributed by atoms with van der Waals surface area (Å²) in [5.74, 6) is -0.914. The maximum Gasteiger partial charge on any atom is 0.316 e. The van der Waals surface area contributed by atoms with Gasteiger partial charge in [-0.15, -0.1) is 11.8 Å². The fourth-order valence-corrected chi connectivity index (χ4v) is 2.61. The van der Waals surface area contributed by atoms with Crippen molar-refractivity contribution in [2.75, 3.05) is 18.9 Å². The SMILES string of the molecule is O=C(COC(=O)CSc1ccccc1)NCCc1ccc(F)cc1. The minimum Gasteiger partial charge on any atom is -0.455 e. The van der Waals surface area contributed by atoms with Gasteiger partial charge in [0.15, 0.2) is 6.61 Å². The van der Waals surface area contributed by atoms with Crippen molar-refractivity contribution in [1.29, 1.82) is 0 Å². The fraction of sp³-hybridized carbons (Fsp3) is 0.222. The van der Waals surface area contributed by atoms with Gasteiger partial charge in [0, 0.05) is 11.4 Å². The number of benzene rings is 2. The van der Waals surface area contributed by atoms with E-state index in [9.17, 15) is 14.0 Å². The average Bonchev–Trinajstić information content (AvgIpc) is 2.61. The van der Waals surface area contributed by atoms with E-state index >= 15 is 0 Å². The molecule has 0 heterocycles. The maximum absolute atomic E-state index is 12.8. The summed E-state index contributed by atoms with van der Waals surface area (Å²) in [6.07, 6.45) is 0.587. The number of rotatable bonds is 8. The largest absolute Gasteiger partial charge is 0.455 e. The van der Waals surface area contributed by atoms with E-state index in [4.69, 9.17) is 4.74 Å². The molecule has 0 atom stereocenters. The zero-order chi connectivity index (χ0) is 17.2. The number of ether oxygens (including phenoxy) is 1. The van der Waals surface area contributed by atoms with Crippen molar-refractivity contribution in [1.82, 2.24) is 5.32 Å². The highest BCUT2D eigenvalue weighted by atomic mass is 32.2. The van der Waals surface area contributed by atoms with Gasteiger partial charge in [-0.05, 0) is 36.2 Å². The standard InChI is InChI=1S/C18H18FNO3S/c19-15-8-6-14(7-9-15)10-11-20-17(21)12-23-18(22)13-24-16-4-2-1-3-5-16/h1-9H,10-13H2,(H,20,21). The Morgan fingerprint density at radius 2 is 1.75 bits per heavy atom. The van der Waals surface area contributed by atoms with Crippen LogP contribution in [0.25, 0.3) is 0 Å². The van der Waals surface area contributed by atoms with Gasteiger partial charge < -0.3 is 10.1 Å². The molecule has 1 N–H and O–H groups in total. The van der Waals surface area contributed by atoms with E-state index in [2.05, 4.69) is 5.32 Å². The summed E-state index contributed by atoms with van der Waals surface area (Å²) in [6, 6.07) is 15.6. The van der Waals surface area contributed by atoms with Gasteiger partial charge in [-0.3, -0.25) is 9.59 Å². The molecule has 0 aliphatic heterocycles. The highest BCUT2D eigenvalue weighted by molar-refractivity contribution is 8.00. The van der Waals surface area contributed by atoms with E-state index in [0.29, 0.717) is 13.0 Å². The highest BCUT2D eigenvalue weighted by Gasteiger charge is 2.08. The zero-order valence-corrected chi connectivity index (χ0v) is 13.9. The van der Waals surface area contributed by atoms with Crippen LogP contribution in [0.4, 0.5) is 4.39 Å². The van der Waals surface area contributed by atoms with Crippen LogP contribution in [0.2, 0.25) is 0 Å². The first kappa shape index (κ1) is 18.0. The number of hydrogen-bond donors (Lipinski definition) is 1.